The highest BCUT2D eigenvalue weighted by atomic mass is 32.2. The molecule has 6 heteroatoms. The van der Waals surface area contributed by atoms with E-state index in [1.54, 1.807) is 17.5 Å². The smallest absolute Gasteiger partial charge is 0.236 e. The van der Waals surface area contributed by atoms with Gasteiger partial charge in [0.25, 0.3) is 0 Å². The molecule has 0 aromatic heterocycles. The molecule has 2 aliphatic rings. The molecule has 1 aromatic rings. The second kappa shape index (κ2) is 8.65. The molecule has 3 rings (SSSR count). The molecular formula is C20H30N2O3S. The molecule has 2 saturated heterocycles. The highest BCUT2D eigenvalue weighted by molar-refractivity contribution is 7.92. The number of ether oxygens (including phenoxy) is 1. The van der Waals surface area contributed by atoms with Crippen LogP contribution in [0.15, 0.2) is 29.7 Å². The molecule has 0 unspecified atom stereocenters. The molecule has 5 nitrogen and oxygen atoms in total. The summed E-state index contributed by atoms with van der Waals surface area (Å²) in [7, 11) is -1.56. The van der Waals surface area contributed by atoms with Gasteiger partial charge in [-0.25, -0.2) is 8.42 Å². The lowest BCUT2D eigenvalue weighted by atomic mass is 10.00. The zero-order valence-corrected chi connectivity index (χ0v) is 16.6. The minimum Gasteiger partial charge on any atom is -0.381 e. The van der Waals surface area contributed by atoms with E-state index in [1.165, 1.54) is 11.0 Å². The Kier molecular flexibility index (Phi) is 6.51. The molecule has 0 aliphatic carbocycles. The lowest BCUT2D eigenvalue weighted by Gasteiger charge is -2.41. The predicted octanol–water partition coefficient (Wildman–Crippen LogP) is 2.87. The van der Waals surface area contributed by atoms with Crippen LogP contribution in [-0.2, 0) is 14.8 Å². The van der Waals surface area contributed by atoms with Crippen molar-refractivity contribution in [1.82, 2.24) is 9.21 Å². The summed E-state index contributed by atoms with van der Waals surface area (Å²) < 4.78 is 32.3. The molecule has 0 radical (unpaired) electrons. The van der Waals surface area contributed by atoms with Gasteiger partial charge in [-0.3, -0.25) is 0 Å². The lowest BCUT2D eigenvalue weighted by Crippen LogP contribution is -2.49. The Hall–Kier alpha value is -1.21. The van der Waals surface area contributed by atoms with Crippen molar-refractivity contribution in [3.63, 3.8) is 0 Å². The van der Waals surface area contributed by atoms with Crippen molar-refractivity contribution >= 4 is 16.1 Å². The van der Waals surface area contributed by atoms with Gasteiger partial charge >= 0.3 is 0 Å². The van der Waals surface area contributed by atoms with Gasteiger partial charge in [0, 0.05) is 44.7 Å². The maximum atomic E-state index is 12.6. The van der Waals surface area contributed by atoms with Crippen molar-refractivity contribution in [2.75, 3.05) is 33.3 Å². The molecule has 2 fully saturated rings. The summed E-state index contributed by atoms with van der Waals surface area (Å²) in [6.45, 7) is 5.35. The van der Waals surface area contributed by atoms with E-state index in [1.807, 2.05) is 31.2 Å². The van der Waals surface area contributed by atoms with E-state index < -0.39 is 10.0 Å². The van der Waals surface area contributed by atoms with Crippen LogP contribution in [0.25, 0.3) is 6.08 Å². The number of sulfonamides is 1. The van der Waals surface area contributed by atoms with E-state index in [0.717, 1.165) is 44.3 Å². The number of aryl methyl sites for hydroxylation is 1. The third-order valence-electron chi connectivity index (χ3n) is 5.62. The molecule has 0 spiro atoms. The Bertz CT molecular complexity index is 699. The number of methoxy groups -OCH3 is 1. The number of benzene rings is 1. The number of piperidine rings is 2. The first-order valence-electron chi connectivity index (χ1n) is 9.50. The maximum absolute atomic E-state index is 12.6. The lowest BCUT2D eigenvalue weighted by molar-refractivity contribution is 0.0190. The highest BCUT2D eigenvalue weighted by Crippen LogP contribution is 2.24. The topological polar surface area (TPSA) is 49.9 Å². The molecular weight excluding hydrogens is 348 g/mol. The van der Waals surface area contributed by atoms with Crippen molar-refractivity contribution in [2.24, 2.45) is 0 Å². The van der Waals surface area contributed by atoms with Crippen LogP contribution in [0.2, 0.25) is 0 Å². The Morgan fingerprint density at radius 1 is 1.00 bits per heavy atom. The number of likely N-dealkylation sites (tertiary alicyclic amines) is 1. The van der Waals surface area contributed by atoms with Gasteiger partial charge in [-0.15, -0.1) is 0 Å². The second-order valence-electron chi connectivity index (χ2n) is 7.36. The van der Waals surface area contributed by atoms with Crippen molar-refractivity contribution in [1.29, 1.82) is 0 Å². The summed E-state index contributed by atoms with van der Waals surface area (Å²) in [5.41, 5.74) is 2.08. The van der Waals surface area contributed by atoms with Crippen LogP contribution in [-0.4, -0.2) is 63.1 Å². The van der Waals surface area contributed by atoms with E-state index in [2.05, 4.69) is 4.90 Å². The van der Waals surface area contributed by atoms with Gasteiger partial charge in [-0.2, -0.15) is 4.31 Å². The molecule has 0 bridgehead atoms. The SMILES string of the molecule is COC1CCN(C2CCN(S(=O)(=O)C=Cc3ccc(C)cc3)CC2)CC1. The van der Waals surface area contributed by atoms with E-state index in [9.17, 15) is 8.42 Å². The van der Waals surface area contributed by atoms with E-state index in [-0.39, 0.29) is 0 Å². The zero-order valence-electron chi connectivity index (χ0n) is 15.8. The normalized spacial score (nSPS) is 22.2. The molecule has 2 heterocycles. The van der Waals surface area contributed by atoms with Gasteiger partial charge in [0.15, 0.2) is 0 Å². The largest absolute Gasteiger partial charge is 0.381 e. The monoisotopic (exact) mass is 378 g/mol. The first-order valence-corrected chi connectivity index (χ1v) is 11.0. The molecule has 2 aliphatic heterocycles. The van der Waals surface area contributed by atoms with Gasteiger partial charge in [-0.1, -0.05) is 29.8 Å². The van der Waals surface area contributed by atoms with Crippen LogP contribution in [0.3, 0.4) is 0 Å². The first kappa shape index (κ1) is 19.5. The van der Waals surface area contributed by atoms with Crippen LogP contribution in [0.5, 0.6) is 0 Å². The predicted molar refractivity (Wildman–Crippen MR) is 105 cm³/mol. The van der Waals surface area contributed by atoms with Gasteiger partial charge in [0.2, 0.25) is 10.0 Å². The highest BCUT2D eigenvalue weighted by Gasteiger charge is 2.31. The van der Waals surface area contributed by atoms with Crippen LogP contribution < -0.4 is 0 Å². The van der Waals surface area contributed by atoms with E-state index in [0.29, 0.717) is 25.2 Å². The van der Waals surface area contributed by atoms with E-state index >= 15 is 0 Å². The minimum atomic E-state index is -3.34. The average Bonchev–Trinajstić information content (AvgIpc) is 2.68. The molecule has 0 N–H and O–H groups in total. The minimum absolute atomic E-state index is 0.388. The molecule has 1 aromatic carbocycles. The standard InChI is InChI=1S/C20H30N2O3S/c1-17-3-5-18(6-4-17)11-16-26(23,24)22-14-7-19(8-15-22)21-12-9-20(25-2)10-13-21/h3-6,11,16,19-20H,7-10,12-15H2,1-2H3. The fourth-order valence-electron chi connectivity index (χ4n) is 3.87. The number of hydrogen-bond donors (Lipinski definition) is 0. The Labute approximate surface area is 157 Å². The van der Waals surface area contributed by atoms with Crippen molar-refractivity contribution in [3.05, 3.63) is 40.8 Å². The van der Waals surface area contributed by atoms with Crippen LogP contribution in [0.4, 0.5) is 0 Å². The first-order chi connectivity index (χ1) is 12.5. The second-order valence-corrected chi connectivity index (χ2v) is 9.18. The summed E-state index contributed by atoms with van der Waals surface area (Å²) >= 11 is 0. The van der Waals surface area contributed by atoms with Gasteiger partial charge in [0.1, 0.15) is 0 Å². The summed E-state index contributed by atoms with van der Waals surface area (Å²) in [5.74, 6) is 0. The quantitative estimate of drug-likeness (QED) is 0.791. The van der Waals surface area contributed by atoms with Gasteiger partial charge in [0.05, 0.1) is 6.10 Å². The molecule has 144 valence electrons. The van der Waals surface area contributed by atoms with Crippen LogP contribution >= 0.6 is 0 Å². The number of hydrogen-bond acceptors (Lipinski definition) is 4. The Morgan fingerprint density at radius 3 is 2.19 bits per heavy atom. The third kappa shape index (κ3) is 4.94. The van der Waals surface area contributed by atoms with Crippen LogP contribution in [0.1, 0.15) is 36.8 Å². The third-order valence-corrected chi connectivity index (χ3v) is 7.18. The van der Waals surface area contributed by atoms with Crippen molar-refractivity contribution < 1.29 is 13.2 Å². The Balaban J connectivity index is 1.52. The van der Waals surface area contributed by atoms with Crippen molar-refractivity contribution in [3.8, 4) is 0 Å². The van der Waals surface area contributed by atoms with Gasteiger partial charge in [-0.05, 0) is 44.2 Å². The fourth-order valence-corrected chi connectivity index (χ4v) is 5.09. The number of nitrogens with zero attached hydrogens (tertiary/aromatic N) is 2. The average molecular weight is 379 g/mol. The summed E-state index contributed by atoms with van der Waals surface area (Å²) in [4.78, 5) is 2.52. The zero-order chi connectivity index (χ0) is 18.6. The molecule has 0 amide bonds. The van der Waals surface area contributed by atoms with Crippen molar-refractivity contribution in [2.45, 2.75) is 44.8 Å². The maximum Gasteiger partial charge on any atom is 0.236 e. The Morgan fingerprint density at radius 2 is 1.62 bits per heavy atom. The summed E-state index contributed by atoms with van der Waals surface area (Å²) in [5, 5.41) is 1.35. The van der Waals surface area contributed by atoms with E-state index in [4.69, 9.17) is 4.74 Å². The van der Waals surface area contributed by atoms with Gasteiger partial charge < -0.3 is 9.64 Å². The number of rotatable bonds is 5. The fraction of sp³-hybridized carbons (Fsp3) is 0.600. The summed E-state index contributed by atoms with van der Waals surface area (Å²) in [6, 6.07) is 8.36. The molecule has 0 saturated carbocycles. The molecule has 26 heavy (non-hydrogen) atoms. The summed E-state index contributed by atoms with van der Waals surface area (Å²) in [6.07, 6.45) is 6.06. The van der Waals surface area contributed by atoms with Crippen LogP contribution in [0, 0.1) is 6.92 Å². The molecule has 0 atom stereocenters.